The fourth-order valence-corrected chi connectivity index (χ4v) is 6.59. The molecule has 47 heavy (non-hydrogen) atoms. The Kier molecular flexibility index (Phi) is 7.24. The van der Waals surface area contributed by atoms with Gasteiger partial charge in [-0.3, -0.25) is 4.98 Å². The van der Waals surface area contributed by atoms with E-state index in [1.54, 1.807) is 6.20 Å². The Bertz CT molecular complexity index is 2070. The van der Waals surface area contributed by atoms with Gasteiger partial charge in [0.1, 0.15) is 0 Å². The summed E-state index contributed by atoms with van der Waals surface area (Å²) in [5, 5.41) is 0.511. The summed E-state index contributed by atoms with van der Waals surface area (Å²) in [6, 6.07) is 54.1. The average Bonchev–Trinajstić information content (AvgIpc) is 3.76. The molecule has 0 fully saturated rings. The van der Waals surface area contributed by atoms with Crippen LogP contribution in [-0.2, 0) is 11.3 Å². The van der Waals surface area contributed by atoms with Gasteiger partial charge in [0.05, 0.1) is 28.5 Å². The monoisotopic (exact) mass is 625 g/mol. The quantitative estimate of drug-likeness (QED) is 0.175. The summed E-state index contributed by atoms with van der Waals surface area (Å²) in [5.41, 5.74) is 4.99. The van der Waals surface area contributed by atoms with Crippen molar-refractivity contribution in [2.45, 2.75) is 11.3 Å². The Morgan fingerprint density at radius 2 is 0.723 bits per heavy atom. The smallest absolute Gasteiger partial charge is 0.243 e. The molecule has 2 aliphatic heterocycles. The molecule has 0 spiro atoms. The zero-order valence-corrected chi connectivity index (χ0v) is 26.0. The molecule has 0 saturated carbocycles. The molecular formula is C41H28ClN5. The van der Waals surface area contributed by atoms with Crippen LogP contribution in [0.5, 0.6) is 0 Å². The van der Waals surface area contributed by atoms with E-state index in [4.69, 9.17) is 36.6 Å². The third-order valence-electron chi connectivity index (χ3n) is 8.49. The van der Waals surface area contributed by atoms with E-state index >= 15 is 0 Å². The number of benzene rings is 5. The molecule has 0 amide bonds. The summed E-state index contributed by atoms with van der Waals surface area (Å²) in [5.74, 6) is 0. The molecule has 0 bridgehead atoms. The van der Waals surface area contributed by atoms with E-state index in [-0.39, 0.29) is 0 Å². The predicted molar refractivity (Wildman–Crippen MR) is 191 cm³/mol. The molecule has 0 unspecified atom stereocenters. The molecule has 6 heteroatoms. The lowest BCUT2D eigenvalue weighted by Crippen LogP contribution is -2.44. The van der Waals surface area contributed by atoms with Gasteiger partial charge in [0.15, 0.2) is 0 Å². The number of aromatic nitrogens is 1. The van der Waals surface area contributed by atoms with Crippen LogP contribution < -0.4 is 0 Å². The van der Waals surface area contributed by atoms with Crippen LogP contribution in [0.1, 0.15) is 33.5 Å². The van der Waals surface area contributed by atoms with Crippen molar-refractivity contribution < 1.29 is 0 Å². The minimum absolute atomic E-state index is 0.511. The first-order valence-electron chi connectivity index (χ1n) is 15.5. The maximum Gasteiger partial charge on any atom is 0.243 e. The number of rotatable bonds is 7. The fourth-order valence-electron chi connectivity index (χ4n) is 6.32. The van der Waals surface area contributed by atoms with Gasteiger partial charge in [-0.15, -0.1) is 0 Å². The van der Waals surface area contributed by atoms with Gasteiger partial charge in [0.25, 0.3) is 0 Å². The minimum Gasteiger partial charge on any atom is -0.256 e. The predicted octanol–water partition coefficient (Wildman–Crippen LogP) is 8.73. The van der Waals surface area contributed by atoms with Crippen molar-refractivity contribution in [3.8, 4) is 0 Å². The standard InChI is InChI=1S/C41H28ClN5/c42-34-26-14-13-25-33(34)40(44-36(29-17-5-1-6-18-29)37(45-40)30-19-7-2-8-20-30)41(35-27-15-16-28-43-35)46-38(31-21-9-3-10-22-31)39(47-41)32-23-11-4-12-24-32/h1-28H. The van der Waals surface area contributed by atoms with Gasteiger partial charge in [0.2, 0.25) is 11.3 Å². The van der Waals surface area contributed by atoms with Crippen LogP contribution in [0.4, 0.5) is 0 Å². The van der Waals surface area contributed by atoms with E-state index in [1.165, 1.54) is 0 Å². The molecule has 5 nitrogen and oxygen atoms in total. The Balaban J connectivity index is 1.54. The highest BCUT2D eigenvalue weighted by Crippen LogP contribution is 2.55. The van der Waals surface area contributed by atoms with E-state index in [2.05, 4.69) is 48.5 Å². The van der Waals surface area contributed by atoms with Crippen LogP contribution in [-0.4, -0.2) is 27.8 Å². The van der Waals surface area contributed by atoms with Gasteiger partial charge < -0.3 is 0 Å². The van der Waals surface area contributed by atoms with Crippen molar-refractivity contribution in [1.29, 1.82) is 0 Å². The molecule has 0 atom stereocenters. The van der Waals surface area contributed by atoms with Crippen molar-refractivity contribution in [3.63, 3.8) is 0 Å². The van der Waals surface area contributed by atoms with Crippen molar-refractivity contribution in [2.75, 3.05) is 0 Å². The Labute approximate surface area is 278 Å². The van der Waals surface area contributed by atoms with Gasteiger partial charge in [-0.2, -0.15) is 0 Å². The zero-order valence-electron chi connectivity index (χ0n) is 25.3. The lowest BCUT2D eigenvalue weighted by Gasteiger charge is -2.37. The first-order valence-corrected chi connectivity index (χ1v) is 15.8. The molecule has 0 radical (unpaired) electrons. The van der Waals surface area contributed by atoms with Crippen molar-refractivity contribution in [3.05, 3.63) is 209 Å². The molecule has 6 aromatic rings. The van der Waals surface area contributed by atoms with Gasteiger partial charge in [0, 0.05) is 39.0 Å². The molecule has 8 rings (SSSR count). The van der Waals surface area contributed by atoms with Crippen LogP contribution in [0, 0.1) is 0 Å². The number of hydrogen-bond donors (Lipinski definition) is 0. The summed E-state index contributed by atoms with van der Waals surface area (Å²) in [7, 11) is 0. The second-order valence-corrected chi connectivity index (χ2v) is 11.8. The molecular weight excluding hydrogens is 598 g/mol. The number of hydrogen-bond acceptors (Lipinski definition) is 5. The highest BCUT2D eigenvalue weighted by Gasteiger charge is 2.62. The molecule has 2 aliphatic rings. The van der Waals surface area contributed by atoms with Gasteiger partial charge in [-0.1, -0.05) is 157 Å². The molecule has 3 heterocycles. The van der Waals surface area contributed by atoms with Gasteiger partial charge >= 0.3 is 0 Å². The van der Waals surface area contributed by atoms with Crippen LogP contribution in [0.2, 0.25) is 5.02 Å². The van der Waals surface area contributed by atoms with E-state index in [0.29, 0.717) is 16.3 Å². The van der Waals surface area contributed by atoms with Gasteiger partial charge in [-0.05, 0) is 18.2 Å². The summed E-state index contributed by atoms with van der Waals surface area (Å²) in [6.07, 6.45) is 1.77. The summed E-state index contributed by atoms with van der Waals surface area (Å²) < 4.78 is 0. The van der Waals surface area contributed by atoms with Crippen molar-refractivity contribution in [1.82, 2.24) is 4.98 Å². The summed E-state index contributed by atoms with van der Waals surface area (Å²) in [4.78, 5) is 27.5. The second kappa shape index (κ2) is 11.9. The molecule has 0 N–H and O–H groups in total. The molecule has 0 saturated heterocycles. The lowest BCUT2D eigenvalue weighted by atomic mass is 9.84. The van der Waals surface area contributed by atoms with E-state index in [9.17, 15) is 0 Å². The number of pyridine rings is 1. The number of halogens is 1. The Morgan fingerprint density at radius 3 is 1.11 bits per heavy atom. The molecule has 1 aromatic heterocycles. The minimum atomic E-state index is -1.47. The topological polar surface area (TPSA) is 62.3 Å². The average molecular weight is 626 g/mol. The number of aliphatic imine (C=N–C) groups is 4. The first-order chi connectivity index (χ1) is 23.2. The SMILES string of the molecule is Clc1ccccc1C1(C2(c3ccccn3)N=C(c3ccccc3)C(c3ccccc3)=N2)N=C(c2ccccc2)C(c2ccccc2)=N1. The Hall–Kier alpha value is -5.78. The molecule has 5 aromatic carbocycles. The third kappa shape index (κ3) is 4.84. The highest BCUT2D eigenvalue weighted by molar-refractivity contribution is 6.56. The zero-order chi connectivity index (χ0) is 31.7. The fraction of sp³-hybridized carbons (Fsp3) is 0.0488. The first kappa shape index (κ1) is 28.7. The molecule has 224 valence electrons. The van der Waals surface area contributed by atoms with Crippen LogP contribution >= 0.6 is 11.6 Å². The third-order valence-corrected chi connectivity index (χ3v) is 8.82. The number of nitrogens with zero attached hydrogens (tertiary/aromatic N) is 5. The van der Waals surface area contributed by atoms with Crippen LogP contribution in [0.3, 0.4) is 0 Å². The lowest BCUT2D eigenvalue weighted by molar-refractivity contribution is 0.250. The van der Waals surface area contributed by atoms with Crippen molar-refractivity contribution in [2.24, 2.45) is 20.0 Å². The summed E-state index contributed by atoms with van der Waals surface area (Å²) >= 11 is 7.16. The summed E-state index contributed by atoms with van der Waals surface area (Å²) in [6.45, 7) is 0. The van der Waals surface area contributed by atoms with E-state index in [1.807, 2.05) is 115 Å². The maximum absolute atomic E-state index is 7.16. The largest absolute Gasteiger partial charge is 0.256 e. The van der Waals surface area contributed by atoms with E-state index in [0.717, 1.165) is 45.1 Å². The second-order valence-electron chi connectivity index (χ2n) is 11.3. The highest BCUT2D eigenvalue weighted by atomic mass is 35.5. The van der Waals surface area contributed by atoms with E-state index < -0.39 is 11.3 Å². The Morgan fingerprint density at radius 1 is 0.362 bits per heavy atom. The van der Waals surface area contributed by atoms with Crippen LogP contribution in [0.25, 0.3) is 0 Å². The normalized spacial score (nSPS) is 16.2. The van der Waals surface area contributed by atoms with Crippen LogP contribution in [0.15, 0.2) is 190 Å². The van der Waals surface area contributed by atoms with Crippen molar-refractivity contribution >= 4 is 34.4 Å². The van der Waals surface area contributed by atoms with Gasteiger partial charge in [-0.25, -0.2) is 20.0 Å². The maximum atomic E-state index is 7.16. The molecule has 0 aliphatic carbocycles.